The number of cyclic esters (lactones) is 1. The number of esters is 1. The summed E-state index contributed by atoms with van der Waals surface area (Å²) in [6.45, 7) is 1.73. The first-order valence-electron chi connectivity index (χ1n) is 10.7. The summed E-state index contributed by atoms with van der Waals surface area (Å²) >= 11 is 3.45. The molecular weight excluding hydrogens is 550 g/mol. The first-order chi connectivity index (χ1) is 17.7. The van der Waals surface area contributed by atoms with Crippen LogP contribution in [0, 0.1) is 27.2 Å². The second kappa shape index (κ2) is 10.6. The third-order valence-electron chi connectivity index (χ3n) is 5.35. The number of non-ortho nitro benzene ring substituents is 1. The Labute approximate surface area is 218 Å². The van der Waals surface area contributed by atoms with E-state index < -0.39 is 15.8 Å². The molecule has 12 heteroatoms. The van der Waals surface area contributed by atoms with Crippen molar-refractivity contribution in [2.45, 2.75) is 13.5 Å². The maximum absolute atomic E-state index is 12.4. The van der Waals surface area contributed by atoms with Gasteiger partial charge in [-0.1, -0.05) is 0 Å². The topological polar surface area (TPSA) is 143 Å². The third kappa shape index (κ3) is 5.64. The van der Waals surface area contributed by atoms with Crippen molar-refractivity contribution in [1.82, 2.24) is 0 Å². The highest BCUT2D eigenvalue weighted by molar-refractivity contribution is 9.10. The molecule has 0 amide bonds. The van der Waals surface area contributed by atoms with Crippen LogP contribution >= 0.6 is 15.9 Å². The summed E-state index contributed by atoms with van der Waals surface area (Å²) in [7, 11) is 1.47. The molecule has 188 valence electrons. The van der Waals surface area contributed by atoms with E-state index in [0.29, 0.717) is 32.7 Å². The number of hydrogen-bond acceptors (Lipinski definition) is 9. The lowest BCUT2D eigenvalue weighted by Crippen LogP contribution is -2.06. The van der Waals surface area contributed by atoms with Gasteiger partial charge in [-0.25, -0.2) is 9.79 Å². The van der Waals surface area contributed by atoms with Gasteiger partial charge in [-0.2, -0.15) is 0 Å². The summed E-state index contributed by atoms with van der Waals surface area (Å²) in [4.78, 5) is 37.6. The molecule has 4 rings (SSSR count). The molecule has 0 radical (unpaired) electrons. The Hall–Kier alpha value is -4.58. The van der Waals surface area contributed by atoms with E-state index in [-0.39, 0.29) is 29.6 Å². The molecule has 37 heavy (non-hydrogen) atoms. The number of rotatable bonds is 8. The number of halogens is 1. The van der Waals surface area contributed by atoms with E-state index >= 15 is 0 Å². The van der Waals surface area contributed by atoms with Gasteiger partial charge in [-0.15, -0.1) is 0 Å². The number of aryl methyl sites for hydroxylation is 1. The standard InChI is InChI=1S/C25H18BrN3O8/c1-14-9-17(5-8-21(14)29(33)34)24-27-20(25(30)37-24)11-16-10-19(26)23(22(12-16)35-2)36-13-15-3-6-18(7-4-15)28(31)32/h3-12H,13H2,1-2H3/b20-11-. The maximum atomic E-state index is 12.4. The van der Waals surface area contributed by atoms with E-state index in [1.54, 1.807) is 31.2 Å². The molecule has 0 aromatic heterocycles. The molecule has 0 saturated carbocycles. The van der Waals surface area contributed by atoms with Crippen LogP contribution in [0.3, 0.4) is 0 Å². The van der Waals surface area contributed by atoms with Crippen LogP contribution in [0.2, 0.25) is 0 Å². The van der Waals surface area contributed by atoms with Crippen LogP contribution in [-0.2, 0) is 16.1 Å². The van der Waals surface area contributed by atoms with Gasteiger partial charge in [0.25, 0.3) is 11.4 Å². The summed E-state index contributed by atoms with van der Waals surface area (Å²) < 4.78 is 17.1. The Morgan fingerprint density at radius 1 is 1.05 bits per heavy atom. The van der Waals surface area contributed by atoms with Crippen LogP contribution in [0.5, 0.6) is 11.5 Å². The average Bonchev–Trinajstić information content (AvgIpc) is 3.22. The van der Waals surface area contributed by atoms with Gasteiger partial charge < -0.3 is 14.2 Å². The van der Waals surface area contributed by atoms with E-state index in [1.807, 2.05) is 0 Å². The molecule has 3 aromatic rings. The minimum Gasteiger partial charge on any atom is -0.493 e. The molecule has 1 aliphatic heterocycles. The van der Waals surface area contributed by atoms with Crippen molar-refractivity contribution in [3.63, 3.8) is 0 Å². The van der Waals surface area contributed by atoms with E-state index in [9.17, 15) is 25.0 Å². The number of carbonyl (C=O) groups excluding carboxylic acids is 1. The number of nitro benzene ring substituents is 2. The van der Waals surface area contributed by atoms with Crippen molar-refractivity contribution in [3.05, 3.63) is 107 Å². The fourth-order valence-electron chi connectivity index (χ4n) is 3.52. The molecule has 1 aliphatic rings. The SMILES string of the molecule is COc1cc(/C=C2\N=C(c3ccc([N+](=O)[O-])c(C)c3)OC2=O)cc(Br)c1OCc1ccc([N+](=O)[O-])cc1. The van der Waals surface area contributed by atoms with Crippen molar-refractivity contribution in [2.24, 2.45) is 4.99 Å². The predicted molar refractivity (Wildman–Crippen MR) is 137 cm³/mol. The minimum atomic E-state index is -0.667. The zero-order valence-corrected chi connectivity index (χ0v) is 21.1. The van der Waals surface area contributed by atoms with Crippen LogP contribution < -0.4 is 9.47 Å². The highest BCUT2D eigenvalue weighted by atomic mass is 79.9. The Balaban J connectivity index is 1.56. The number of aliphatic imine (C=N–C) groups is 1. The number of nitrogens with zero attached hydrogens (tertiary/aromatic N) is 3. The number of nitro groups is 2. The van der Waals surface area contributed by atoms with Gasteiger partial charge in [-0.05, 0) is 76.5 Å². The molecule has 0 atom stereocenters. The summed E-state index contributed by atoms with van der Waals surface area (Å²) in [6, 6.07) is 13.7. The van der Waals surface area contributed by atoms with Crippen LogP contribution in [0.15, 0.2) is 69.8 Å². The fraction of sp³-hybridized carbons (Fsp3) is 0.120. The molecule has 0 unspecified atom stereocenters. The molecule has 1 heterocycles. The zero-order chi connectivity index (χ0) is 26.7. The number of ether oxygens (including phenoxy) is 3. The van der Waals surface area contributed by atoms with Crippen molar-refractivity contribution >= 4 is 45.2 Å². The second-order valence-electron chi connectivity index (χ2n) is 7.84. The summed E-state index contributed by atoms with van der Waals surface area (Å²) in [5.41, 5.74) is 2.13. The summed E-state index contributed by atoms with van der Waals surface area (Å²) in [5, 5.41) is 21.9. The quantitative estimate of drug-likeness (QED) is 0.150. The van der Waals surface area contributed by atoms with Gasteiger partial charge in [0.2, 0.25) is 5.90 Å². The Bertz CT molecular complexity index is 1480. The molecule has 0 N–H and O–H groups in total. The lowest BCUT2D eigenvalue weighted by Gasteiger charge is -2.13. The van der Waals surface area contributed by atoms with Crippen LogP contribution in [0.4, 0.5) is 11.4 Å². The summed E-state index contributed by atoms with van der Waals surface area (Å²) in [5.74, 6) is 0.162. The second-order valence-corrected chi connectivity index (χ2v) is 8.70. The monoisotopic (exact) mass is 567 g/mol. The van der Waals surface area contributed by atoms with Gasteiger partial charge in [-0.3, -0.25) is 20.2 Å². The van der Waals surface area contributed by atoms with Crippen molar-refractivity contribution < 1.29 is 28.9 Å². The largest absolute Gasteiger partial charge is 0.493 e. The zero-order valence-electron chi connectivity index (χ0n) is 19.5. The lowest BCUT2D eigenvalue weighted by atomic mass is 10.1. The minimum absolute atomic E-state index is 0.0140. The summed E-state index contributed by atoms with van der Waals surface area (Å²) in [6.07, 6.45) is 1.51. The van der Waals surface area contributed by atoms with Crippen molar-refractivity contribution in [3.8, 4) is 11.5 Å². The van der Waals surface area contributed by atoms with Crippen molar-refractivity contribution in [1.29, 1.82) is 0 Å². The van der Waals surface area contributed by atoms with Gasteiger partial charge in [0.15, 0.2) is 17.2 Å². The highest BCUT2D eigenvalue weighted by Crippen LogP contribution is 2.38. The van der Waals surface area contributed by atoms with Crippen LogP contribution in [0.25, 0.3) is 6.08 Å². The first-order valence-corrected chi connectivity index (χ1v) is 11.5. The molecule has 0 saturated heterocycles. The maximum Gasteiger partial charge on any atom is 0.363 e. The molecular formula is C25H18BrN3O8. The van der Waals surface area contributed by atoms with Gasteiger partial charge in [0, 0.05) is 29.3 Å². The number of carbonyl (C=O) groups is 1. The molecule has 3 aromatic carbocycles. The number of methoxy groups -OCH3 is 1. The highest BCUT2D eigenvalue weighted by Gasteiger charge is 2.26. The molecule has 0 fully saturated rings. The Morgan fingerprint density at radius 3 is 2.41 bits per heavy atom. The molecule has 0 spiro atoms. The Kier molecular flexibility index (Phi) is 7.30. The normalized spacial score (nSPS) is 13.8. The molecule has 0 aliphatic carbocycles. The molecule has 11 nitrogen and oxygen atoms in total. The van der Waals surface area contributed by atoms with E-state index in [2.05, 4.69) is 20.9 Å². The van der Waals surface area contributed by atoms with Crippen LogP contribution in [-0.4, -0.2) is 28.8 Å². The third-order valence-corrected chi connectivity index (χ3v) is 5.94. The fourth-order valence-corrected chi connectivity index (χ4v) is 4.09. The van der Waals surface area contributed by atoms with E-state index in [1.165, 1.54) is 43.5 Å². The number of hydrogen-bond donors (Lipinski definition) is 0. The smallest absolute Gasteiger partial charge is 0.363 e. The van der Waals surface area contributed by atoms with Gasteiger partial charge >= 0.3 is 5.97 Å². The van der Waals surface area contributed by atoms with E-state index in [0.717, 1.165) is 5.56 Å². The first kappa shape index (κ1) is 25.5. The average molecular weight is 568 g/mol. The lowest BCUT2D eigenvalue weighted by molar-refractivity contribution is -0.385. The predicted octanol–water partition coefficient (Wildman–Crippen LogP) is 5.51. The molecule has 0 bridgehead atoms. The van der Waals surface area contributed by atoms with Crippen molar-refractivity contribution in [2.75, 3.05) is 7.11 Å². The van der Waals surface area contributed by atoms with E-state index in [4.69, 9.17) is 14.2 Å². The number of benzene rings is 3. The van der Waals surface area contributed by atoms with Gasteiger partial charge in [0.1, 0.15) is 6.61 Å². The Morgan fingerprint density at radius 2 is 1.78 bits per heavy atom. The van der Waals surface area contributed by atoms with Crippen LogP contribution in [0.1, 0.15) is 22.3 Å². The van der Waals surface area contributed by atoms with Gasteiger partial charge in [0.05, 0.1) is 21.4 Å².